The fourth-order valence-electron chi connectivity index (χ4n) is 2.55. The van der Waals surface area contributed by atoms with E-state index in [1.165, 1.54) is 0 Å². The highest BCUT2D eigenvalue weighted by Gasteiger charge is 2.28. The highest BCUT2D eigenvalue weighted by atomic mass is 16.2. The van der Waals surface area contributed by atoms with Crippen molar-refractivity contribution >= 4 is 35.1 Å². The first-order chi connectivity index (χ1) is 13.0. The van der Waals surface area contributed by atoms with Gasteiger partial charge in [0.05, 0.1) is 6.42 Å². The predicted octanol–water partition coefficient (Wildman–Crippen LogP) is 1.60. The summed E-state index contributed by atoms with van der Waals surface area (Å²) in [6, 6.07) is 15.8. The van der Waals surface area contributed by atoms with E-state index in [1.54, 1.807) is 12.1 Å². The molecule has 5 N–H and O–H groups in total. The Hall–Kier alpha value is -3.68. The molecule has 2 aromatic carbocycles. The van der Waals surface area contributed by atoms with Crippen molar-refractivity contribution in [1.29, 1.82) is 0 Å². The van der Waals surface area contributed by atoms with E-state index in [0.29, 0.717) is 5.69 Å². The van der Waals surface area contributed by atoms with Crippen LogP contribution in [0.4, 0.5) is 11.4 Å². The van der Waals surface area contributed by atoms with Crippen molar-refractivity contribution in [3.63, 3.8) is 0 Å². The van der Waals surface area contributed by atoms with E-state index >= 15 is 0 Å². The van der Waals surface area contributed by atoms with Crippen LogP contribution in [0.25, 0.3) is 0 Å². The third kappa shape index (κ3) is 5.15. The number of carbonyl (C=O) groups is 2. The lowest BCUT2D eigenvalue weighted by Gasteiger charge is -2.06. The zero-order chi connectivity index (χ0) is 19.2. The van der Waals surface area contributed by atoms with Gasteiger partial charge in [-0.3, -0.25) is 14.9 Å². The number of rotatable bonds is 4. The van der Waals surface area contributed by atoms with Crippen LogP contribution < -0.4 is 21.7 Å². The van der Waals surface area contributed by atoms with Crippen molar-refractivity contribution in [2.24, 2.45) is 15.7 Å². The van der Waals surface area contributed by atoms with Crippen LogP contribution in [0.3, 0.4) is 0 Å². The molecule has 0 aromatic heterocycles. The molecule has 0 spiro atoms. The number of benzene rings is 2. The Morgan fingerprint density at radius 2 is 1.89 bits per heavy atom. The lowest BCUT2D eigenvalue weighted by molar-refractivity contribution is -0.123. The standard InChI is InChI=1S/C19H20N6O2/c1-12-6-5-9-14(10-12)22-18(20)25-19-23-15(17(27)24-19)11-16(26)21-13-7-3-2-4-8-13/h2-10,15H,11H2,1H3,(H,21,26)(H4,20,22,23,24,25,27). The van der Waals surface area contributed by atoms with E-state index < -0.39 is 6.04 Å². The summed E-state index contributed by atoms with van der Waals surface area (Å²) in [6.45, 7) is 1.96. The van der Waals surface area contributed by atoms with Crippen LogP contribution in [0.5, 0.6) is 0 Å². The normalized spacial score (nSPS) is 16.5. The number of hydrogen-bond acceptors (Lipinski definition) is 4. The molecule has 3 rings (SSSR count). The van der Waals surface area contributed by atoms with E-state index in [9.17, 15) is 9.59 Å². The molecule has 27 heavy (non-hydrogen) atoms. The second kappa shape index (κ2) is 8.13. The smallest absolute Gasteiger partial charge is 0.252 e. The number of carbonyl (C=O) groups excluding carboxylic acids is 2. The number of nitrogens with zero attached hydrogens (tertiary/aromatic N) is 2. The minimum atomic E-state index is -0.834. The molecule has 0 aliphatic carbocycles. The number of guanidine groups is 2. The summed E-state index contributed by atoms with van der Waals surface area (Å²) in [5.74, 6) is -0.522. The van der Waals surface area contributed by atoms with E-state index in [1.807, 2.05) is 49.4 Å². The molecular formula is C19H20N6O2. The zero-order valence-corrected chi connectivity index (χ0v) is 14.8. The van der Waals surface area contributed by atoms with Crippen LogP contribution in [-0.4, -0.2) is 29.8 Å². The van der Waals surface area contributed by atoms with Crippen LogP contribution in [0.2, 0.25) is 0 Å². The van der Waals surface area contributed by atoms with Crippen LogP contribution in [-0.2, 0) is 9.59 Å². The highest BCUT2D eigenvalue weighted by Crippen LogP contribution is 2.11. The van der Waals surface area contributed by atoms with Gasteiger partial charge in [-0.2, -0.15) is 4.99 Å². The molecule has 8 heteroatoms. The van der Waals surface area contributed by atoms with Crippen molar-refractivity contribution in [3.8, 4) is 0 Å². The van der Waals surface area contributed by atoms with Crippen LogP contribution in [0, 0.1) is 6.92 Å². The molecule has 2 aromatic rings. The molecule has 2 amide bonds. The molecule has 0 radical (unpaired) electrons. The second-order valence-corrected chi connectivity index (χ2v) is 6.07. The van der Waals surface area contributed by atoms with E-state index in [0.717, 1.165) is 11.3 Å². The van der Waals surface area contributed by atoms with Gasteiger partial charge in [0, 0.05) is 11.4 Å². The predicted molar refractivity (Wildman–Crippen MR) is 105 cm³/mol. The zero-order valence-electron chi connectivity index (χ0n) is 14.8. The Morgan fingerprint density at radius 1 is 1.15 bits per heavy atom. The lowest BCUT2D eigenvalue weighted by Crippen LogP contribution is -2.32. The molecule has 1 aliphatic heterocycles. The summed E-state index contributed by atoms with van der Waals surface area (Å²) in [4.78, 5) is 32.3. The topological polar surface area (TPSA) is 121 Å². The molecule has 0 fully saturated rings. The van der Waals surface area contributed by atoms with Crippen LogP contribution >= 0.6 is 0 Å². The van der Waals surface area contributed by atoms with Crippen molar-refractivity contribution in [2.75, 3.05) is 10.6 Å². The number of aliphatic imine (C=N–C) groups is 2. The van der Waals surface area contributed by atoms with Gasteiger partial charge in [-0.1, -0.05) is 30.3 Å². The number of anilines is 2. The SMILES string of the molecule is Cc1cccc(N/C(N)=N/C2=NC(CC(=O)Nc3ccccc3)C(=O)N2)c1. The van der Waals surface area contributed by atoms with Gasteiger partial charge >= 0.3 is 0 Å². The van der Waals surface area contributed by atoms with Crippen molar-refractivity contribution in [1.82, 2.24) is 5.32 Å². The first kappa shape index (κ1) is 18.1. The Kier molecular flexibility index (Phi) is 5.46. The van der Waals surface area contributed by atoms with Gasteiger partial charge in [0.25, 0.3) is 5.91 Å². The second-order valence-electron chi connectivity index (χ2n) is 6.07. The summed E-state index contributed by atoms with van der Waals surface area (Å²) < 4.78 is 0. The lowest BCUT2D eigenvalue weighted by atomic mass is 10.2. The van der Waals surface area contributed by atoms with E-state index in [4.69, 9.17) is 5.73 Å². The molecule has 1 atom stereocenters. The molecule has 8 nitrogen and oxygen atoms in total. The number of nitrogens with two attached hydrogens (primary N) is 1. The summed E-state index contributed by atoms with van der Waals surface area (Å²) in [7, 11) is 0. The van der Waals surface area contributed by atoms with E-state index in [2.05, 4.69) is 25.9 Å². The van der Waals surface area contributed by atoms with Crippen LogP contribution in [0.1, 0.15) is 12.0 Å². The Morgan fingerprint density at radius 3 is 2.63 bits per heavy atom. The first-order valence-electron chi connectivity index (χ1n) is 8.41. The summed E-state index contributed by atoms with van der Waals surface area (Å²) in [5.41, 5.74) is 8.37. The number of para-hydroxylation sites is 1. The average molecular weight is 364 g/mol. The number of nitrogens with one attached hydrogen (secondary N) is 3. The Labute approximate surface area is 156 Å². The van der Waals surface area contributed by atoms with Gasteiger partial charge in [0.1, 0.15) is 6.04 Å². The minimum Gasteiger partial charge on any atom is -0.369 e. The third-order valence-electron chi connectivity index (χ3n) is 3.77. The molecule has 0 bridgehead atoms. The van der Waals surface area contributed by atoms with Gasteiger partial charge in [-0.15, -0.1) is 0 Å². The van der Waals surface area contributed by atoms with Gasteiger partial charge < -0.3 is 16.4 Å². The third-order valence-corrected chi connectivity index (χ3v) is 3.77. The first-order valence-corrected chi connectivity index (χ1v) is 8.41. The largest absolute Gasteiger partial charge is 0.369 e. The van der Waals surface area contributed by atoms with Gasteiger partial charge in [0.2, 0.25) is 17.8 Å². The number of aryl methyl sites for hydroxylation is 1. The maximum Gasteiger partial charge on any atom is 0.252 e. The molecule has 1 heterocycles. The van der Waals surface area contributed by atoms with Crippen molar-refractivity contribution in [2.45, 2.75) is 19.4 Å². The molecule has 0 saturated carbocycles. The average Bonchev–Trinajstić information content (AvgIpc) is 2.94. The maximum atomic E-state index is 12.1. The number of amides is 2. The Bertz CT molecular complexity index is 907. The van der Waals surface area contributed by atoms with Crippen molar-refractivity contribution < 1.29 is 9.59 Å². The monoisotopic (exact) mass is 364 g/mol. The maximum absolute atomic E-state index is 12.1. The summed E-state index contributed by atoms with van der Waals surface area (Å²) in [6.07, 6.45) is -0.0784. The van der Waals surface area contributed by atoms with Gasteiger partial charge in [0.15, 0.2) is 0 Å². The van der Waals surface area contributed by atoms with Gasteiger partial charge in [-0.05, 0) is 36.8 Å². The quantitative estimate of drug-likeness (QED) is 0.486. The minimum absolute atomic E-state index is 0.0784. The molecule has 1 aliphatic rings. The fourth-order valence-corrected chi connectivity index (χ4v) is 2.55. The molecule has 1 unspecified atom stereocenters. The summed E-state index contributed by atoms with van der Waals surface area (Å²) >= 11 is 0. The van der Waals surface area contributed by atoms with Crippen LogP contribution in [0.15, 0.2) is 64.6 Å². The molecule has 0 saturated heterocycles. The van der Waals surface area contributed by atoms with E-state index in [-0.39, 0.29) is 30.2 Å². The summed E-state index contributed by atoms with van der Waals surface area (Å²) in [5, 5.41) is 8.18. The highest BCUT2D eigenvalue weighted by molar-refractivity contribution is 6.11. The van der Waals surface area contributed by atoms with Crippen molar-refractivity contribution in [3.05, 3.63) is 60.2 Å². The fraction of sp³-hybridized carbons (Fsp3) is 0.158. The number of hydrogen-bond donors (Lipinski definition) is 4. The van der Waals surface area contributed by atoms with Gasteiger partial charge in [-0.25, -0.2) is 4.99 Å². The molecule has 138 valence electrons. The Balaban J connectivity index is 1.60. The molecular weight excluding hydrogens is 344 g/mol.